The first-order chi connectivity index (χ1) is 13.5. The molecule has 2 rings (SSSR count). The van der Waals surface area contributed by atoms with E-state index in [-0.39, 0.29) is 18.4 Å². The molecule has 0 radical (unpaired) electrons. The van der Waals surface area contributed by atoms with Gasteiger partial charge in [0, 0.05) is 32.7 Å². The summed E-state index contributed by atoms with van der Waals surface area (Å²) in [5.74, 6) is -0.303. The van der Waals surface area contributed by atoms with E-state index in [4.69, 9.17) is 4.74 Å². The predicted molar refractivity (Wildman–Crippen MR) is 106 cm³/mol. The van der Waals surface area contributed by atoms with Gasteiger partial charge < -0.3 is 25.2 Å². The van der Waals surface area contributed by atoms with E-state index in [1.54, 1.807) is 4.90 Å². The van der Waals surface area contributed by atoms with Crippen LogP contribution in [-0.4, -0.2) is 80.9 Å². The van der Waals surface area contributed by atoms with Crippen LogP contribution in [0, 0.1) is 5.92 Å². The van der Waals surface area contributed by atoms with Gasteiger partial charge in [0.05, 0.1) is 0 Å². The van der Waals surface area contributed by atoms with Gasteiger partial charge in [-0.25, -0.2) is 0 Å². The largest absolute Gasteiger partial charge is 0.484 e. The fourth-order valence-corrected chi connectivity index (χ4v) is 2.93. The van der Waals surface area contributed by atoms with Crippen LogP contribution in [0.1, 0.15) is 12.8 Å². The van der Waals surface area contributed by atoms with Crippen molar-refractivity contribution in [2.45, 2.75) is 12.8 Å². The quantitative estimate of drug-likeness (QED) is 0.615. The first-order valence-electron chi connectivity index (χ1n) is 9.62. The molecule has 0 saturated carbocycles. The molecule has 1 fully saturated rings. The number of likely N-dealkylation sites (tertiary alicyclic amines) is 1. The maximum atomic E-state index is 12.3. The van der Waals surface area contributed by atoms with E-state index in [9.17, 15) is 14.4 Å². The molecule has 1 heterocycles. The zero-order chi connectivity index (χ0) is 20.4. The maximum absolute atomic E-state index is 12.3. The van der Waals surface area contributed by atoms with Crippen molar-refractivity contribution in [2.75, 3.05) is 53.4 Å². The molecule has 0 spiro atoms. The third kappa shape index (κ3) is 7.56. The van der Waals surface area contributed by atoms with Gasteiger partial charge >= 0.3 is 11.8 Å². The highest BCUT2D eigenvalue weighted by Crippen LogP contribution is 2.17. The van der Waals surface area contributed by atoms with Gasteiger partial charge in [0.1, 0.15) is 5.75 Å². The van der Waals surface area contributed by atoms with Crippen LogP contribution >= 0.6 is 0 Å². The van der Waals surface area contributed by atoms with E-state index in [1.807, 2.05) is 49.3 Å². The van der Waals surface area contributed by atoms with Crippen LogP contribution in [0.2, 0.25) is 0 Å². The van der Waals surface area contributed by atoms with Gasteiger partial charge in [-0.05, 0) is 45.0 Å². The van der Waals surface area contributed by atoms with E-state index in [0.29, 0.717) is 38.5 Å². The number of para-hydroxylation sites is 1. The molecule has 3 amide bonds. The number of rotatable bonds is 8. The van der Waals surface area contributed by atoms with E-state index in [2.05, 4.69) is 10.6 Å². The number of carbonyl (C=O) groups is 3. The van der Waals surface area contributed by atoms with Crippen LogP contribution in [0.3, 0.4) is 0 Å². The summed E-state index contributed by atoms with van der Waals surface area (Å²) in [6.07, 6.45) is 1.58. The highest BCUT2D eigenvalue weighted by molar-refractivity contribution is 6.35. The fourth-order valence-electron chi connectivity index (χ4n) is 2.93. The van der Waals surface area contributed by atoms with Crippen molar-refractivity contribution >= 4 is 17.7 Å². The molecule has 1 aromatic rings. The third-order valence-corrected chi connectivity index (χ3v) is 4.67. The van der Waals surface area contributed by atoms with Crippen LogP contribution in [-0.2, 0) is 14.4 Å². The summed E-state index contributed by atoms with van der Waals surface area (Å²) in [5.41, 5.74) is 0. The van der Waals surface area contributed by atoms with Gasteiger partial charge in [-0.1, -0.05) is 18.2 Å². The SMILES string of the molecule is CN(C)CCNC(=O)C(=O)NCC1CCN(C(=O)COc2ccccc2)CC1. The monoisotopic (exact) mass is 390 g/mol. The Morgan fingerprint density at radius 2 is 1.71 bits per heavy atom. The van der Waals surface area contributed by atoms with Gasteiger partial charge in [0.2, 0.25) is 0 Å². The Morgan fingerprint density at radius 3 is 2.36 bits per heavy atom. The topological polar surface area (TPSA) is 91.0 Å². The lowest BCUT2D eigenvalue weighted by Crippen LogP contribution is -2.46. The molecule has 0 unspecified atom stereocenters. The molecule has 1 aliphatic rings. The molecular formula is C20H30N4O4. The van der Waals surface area contributed by atoms with Crippen molar-refractivity contribution in [1.29, 1.82) is 0 Å². The number of piperidine rings is 1. The number of ether oxygens (including phenoxy) is 1. The first-order valence-corrected chi connectivity index (χ1v) is 9.62. The second kappa shape index (κ2) is 11.3. The van der Waals surface area contributed by atoms with Crippen molar-refractivity contribution in [3.8, 4) is 5.75 Å². The summed E-state index contributed by atoms with van der Waals surface area (Å²) in [7, 11) is 3.80. The number of hydrogen-bond donors (Lipinski definition) is 2. The number of benzene rings is 1. The molecule has 1 aliphatic heterocycles. The minimum absolute atomic E-state index is 0.0263. The maximum Gasteiger partial charge on any atom is 0.309 e. The second-order valence-electron chi connectivity index (χ2n) is 7.20. The van der Waals surface area contributed by atoms with Crippen LogP contribution in [0.5, 0.6) is 5.75 Å². The number of nitrogens with zero attached hydrogens (tertiary/aromatic N) is 2. The molecule has 8 heteroatoms. The summed E-state index contributed by atoms with van der Waals surface area (Å²) in [4.78, 5) is 39.5. The number of likely N-dealkylation sites (N-methyl/N-ethyl adjacent to an activating group) is 1. The first kappa shape index (κ1) is 21.7. The van der Waals surface area contributed by atoms with Gasteiger partial charge in [-0.3, -0.25) is 14.4 Å². The van der Waals surface area contributed by atoms with Crippen molar-refractivity contribution in [2.24, 2.45) is 5.92 Å². The molecule has 1 aromatic carbocycles. The molecule has 1 saturated heterocycles. The van der Waals surface area contributed by atoms with Crippen LogP contribution in [0.25, 0.3) is 0 Å². The molecule has 0 atom stereocenters. The lowest BCUT2D eigenvalue weighted by molar-refractivity contribution is -0.139. The zero-order valence-electron chi connectivity index (χ0n) is 16.6. The molecule has 0 aliphatic carbocycles. The number of carbonyl (C=O) groups excluding carboxylic acids is 3. The predicted octanol–water partition coefficient (Wildman–Crippen LogP) is 0.0980. The number of nitrogens with one attached hydrogen (secondary N) is 2. The average molecular weight is 390 g/mol. The van der Waals surface area contributed by atoms with E-state index >= 15 is 0 Å². The van der Waals surface area contributed by atoms with Gasteiger partial charge in [-0.2, -0.15) is 0 Å². The molecule has 154 valence electrons. The Hall–Kier alpha value is -2.61. The third-order valence-electron chi connectivity index (χ3n) is 4.67. The minimum Gasteiger partial charge on any atom is -0.484 e. The zero-order valence-corrected chi connectivity index (χ0v) is 16.6. The second-order valence-corrected chi connectivity index (χ2v) is 7.20. The normalized spacial score (nSPS) is 14.6. The average Bonchev–Trinajstić information content (AvgIpc) is 2.71. The van der Waals surface area contributed by atoms with Crippen molar-refractivity contribution in [1.82, 2.24) is 20.4 Å². The number of amides is 3. The molecule has 0 bridgehead atoms. The Kier molecular flexibility index (Phi) is 8.74. The summed E-state index contributed by atoms with van der Waals surface area (Å²) < 4.78 is 5.50. The van der Waals surface area contributed by atoms with Crippen molar-refractivity contribution in [3.63, 3.8) is 0 Å². The fraction of sp³-hybridized carbons (Fsp3) is 0.550. The van der Waals surface area contributed by atoms with Gasteiger partial charge in [0.25, 0.3) is 5.91 Å². The smallest absolute Gasteiger partial charge is 0.309 e. The van der Waals surface area contributed by atoms with Crippen LogP contribution < -0.4 is 15.4 Å². The van der Waals surface area contributed by atoms with Gasteiger partial charge in [0.15, 0.2) is 6.61 Å². The highest BCUT2D eigenvalue weighted by Gasteiger charge is 2.24. The molecular weight excluding hydrogens is 360 g/mol. The lowest BCUT2D eigenvalue weighted by atomic mass is 9.97. The summed E-state index contributed by atoms with van der Waals surface area (Å²) in [6.45, 7) is 2.85. The summed E-state index contributed by atoms with van der Waals surface area (Å²) >= 11 is 0. The number of hydrogen-bond acceptors (Lipinski definition) is 5. The van der Waals surface area contributed by atoms with Crippen LogP contribution in [0.4, 0.5) is 0 Å². The summed E-state index contributed by atoms with van der Waals surface area (Å²) in [6, 6.07) is 9.26. The van der Waals surface area contributed by atoms with E-state index in [0.717, 1.165) is 12.8 Å². The van der Waals surface area contributed by atoms with Crippen LogP contribution in [0.15, 0.2) is 30.3 Å². The standard InChI is InChI=1S/C20H30N4O4/c1-23(2)13-10-21-19(26)20(27)22-14-16-8-11-24(12-9-16)18(25)15-28-17-6-4-3-5-7-17/h3-7,16H,8-15H2,1-2H3,(H,21,26)(H,22,27). The van der Waals surface area contributed by atoms with Gasteiger partial charge in [-0.15, -0.1) is 0 Å². The van der Waals surface area contributed by atoms with E-state index < -0.39 is 11.8 Å². The Balaban J connectivity index is 1.61. The van der Waals surface area contributed by atoms with Crippen molar-refractivity contribution < 1.29 is 19.1 Å². The van der Waals surface area contributed by atoms with E-state index in [1.165, 1.54) is 0 Å². The lowest BCUT2D eigenvalue weighted by Gasteiger charge is -2.32. The minimum atomic E-state index is -0.604. The Labute approximate surface area is 166 Å². The summed E-state index contributed by atoms with van der Waals surface area (Å²) in [5, 5.41) is 5.28. The Morgan fingerprint density at radius 1 is 1.07 bits per heavy atom. The molecule has 8 nitrogen and oxygen atoms in total. The highest BCUT2D eigenvalue weighted by atomic mass is 16.5. The molecule has 28 heavy (non-hydrogen) atoms. The molecule has 2 N–H and O–H groups in total. The Bertz CT molecular complexity index is 643. The van der Waals surface area contributed by atoms with Crippen molar-refractivity contribution in [3.05, 3.63) is 30.3 Å². The molecule has 0 aromatic heterocycles.